The first-order valence-corrected chi connectivity index (χ1v) is 7.07. The topological polar surface area (TPSA) is 50.2 Å². The van der Waals surface area contributed by atoms with Crippen LogP contribution in [0.2, 0.25) is 0 Å². The quantitative estimate of drug-likeness (QED) is 0.879. The number of hydrogen-bond acceptors (Lipinski definition) is 3. The third kappa shape index (κ3) is 4.16. The molecule has 21 heavy (non-hydrogen) atoms. The van der Waals surface area contributed by atoms with E-state index in [1.807, 2.05) is 47.3 Å². The summed E-state index contributed by atoms with van der Waals surface area (Å²) in [5, 5.41) is 7.60. The Hall–Kier alpha value is -2.14. The van der Waals surface area contributed by atoms with Gasteiger partial charge in [-0.15, -0.1) is 0 Å². The zero-order chi connectivity index (χ0) is 15.2. The highest BCUT2D eigenvalue weighted by Crippen LogP contribution is 2.15. The number of likely N-dealkylation sites (N-methyl/N-ethyl adjacent to an activating group) is 1. The Balaban J connectivity index is 2.10. The van der Waals surface area contributed by atoms with E-state index in [1.54, 1.807) is 25.2 Å². The molecule has 1 aromatic carbocycles. The van der Waals surface area contributed by atoms with Crippen LogP contribution < -0.4 is 5.32 Å². The van der Waals surface area contributed by atoms with Gasteiger partial charge in [0.15, 0.2) is 0 Å². The van der Waals surface area contributed by atoms with Gasteiger partial charge < -0.3 is 4.90 Å². The molecule has 0 aliphatic rings. The highest BCUT2D eigenvalue weighted by atomic mass is 16.2. The van der Waals surface area contributed by atoms with E-state index in [4.69, 9.17) is 0 Å². The van der Waals surface area contributed by atoms with Crippen molar-refractivity contribution in [2.75, 3.05) is 14.1 Å². The van der Waals surface area contributed by atoms with Gasteiger partial charge in [-0.25, -0.2) is 0 Å². The van der Waals surface area contributed by atoms with Crippen molar-refractivity contribution in [3.8, 4) is 0 Å². The molecule has 5 nitrogen and oxygen atoms in total. The summed E-state index contributed by atoms with van der Waals surface area (Å²) in [6.07, 6.45) is 3.68. The molecule has 0 aliphatic heterocycles. The van der Waals surface area contributed by atoms with Gasteiger partial charge in [-0.1, -0.05) is 30.3 Å². The minimum Gasteiger partial charge on any atom is -0.347 e. The van der Waals surface area contributed by atoms with Crippen molar-refractivity contribution >= 4 is 5.91 Å². The van der Waals surface area contributed by atoms with E-state index in [9.17, 15) is 4.79 Å². The molecule has 2 atom stereocenters. The summed E-state index contributed by atoms with van der Waals surface area (Å²) >= 11 is 0. The first-order valence-electron chi connectivity index (χ1n) is 7.07. The number of rotatable bonds is 6. The molecule has 0 spiro atoms. The third-order valence-corrected chi connectivity index (χ3v) is 3.29. The number of amides is 1. The van der Waals surface area contributed by atoms with Crippen LogP contribution in [0.5, 0.6) is 0 Å². The molecule has 0 fully saturated rings. The molecule has 1 heterocycles. The number of hydrogen-bond donors (Lipinski definition) is 1. The first kappa shape index (κ1) is 15.3. The number of nitrogens with zero attached hydrogens (tertiary/aromatic N) is 3. The second-order valence-corrected chi connectivity index (χ2v) is 5.37. The summed E-state index contributed by atoms with van der Waals surface area (Å²) in [4.78, 5) is 14.0. The van der Waals surface area contributed by atoms with Gasteiger partial charge in [0, 0.05) is 32.5 Å². The summed E-state index contributed by atoms with van der Waals surface area (Å²) in [6.45, 7) is 2.78. The Morgan fingerprint density at radius 1 is 1.29 bits per heavy atom. The maximum atomic E-state index is 12.4. The molecule has 0 saturated heterocycles. The number of aromatic nitrogens is 2. The summed E-state index contributed by atoms with van der Waals surface area (Å²) in [7, 11) is 3.55. The molecular formula is C16H22N4O. The van der Waals surface area contributed by atoms with Crippen LogP contribution in [0.1, 0.15) is 18.5 Å². The van der Waals surface area contributed by atoms with Crippen LogP contribution in [-0.2, 0) is 11.3 Å². The van der Waals surface area contributed by atoms with Gasteiger partial charge in [0.05, 0.1) is 6.54 Å². The van der Waals surface area contributed by atoms with Crippen LogP contribution in [-0.4, -0.2) is 40.7 Å². The van der Waals surface area contributed by atoms with Crippen molar-refractivity contribution in [2.45, 2.75) is 25.6 Å². The molecule has 1 aromatic heterocycles. The summed E-state index contributed by atoms with van der Waals surface area (Å²) in [6, 6.07) is 11.5. The second-order valence-electron chi connectivity index (χ2n) is 5.37. The van der Waals surface area contributed by atoms with Crippen molar-refractivity contribution < 1.29 is 4.79 Å². The summed E-state index contributed by atoms with van der Waals surface area (Å²) < 4.78 is 1.86. The summed E-state index contributed by atoms with van der Waals surface area (Å²) in [5.74, 6) is 0.0496. The maximum absolute atomic E-state index is 12.4. The van der Waals surface area contributed by atoms with E-state index >= 15 is 0 Å². The molecule has 0 saturated carbocycles. The average molecular weight is 286 g/mol. The molecule has 0 radical (unpaired) electrons. The number of carbonyl (C=O) groups is 1. The molecule has 0 aliphatic carbocycles. The van der Waals surface area contributed by atoms with Crippen molar-refractivity contribution in [3.05, 3.63) is 54.4 Å². The third-order valence-electron chi connectivity index (χ3n) is 3.29. The number of benzene rings is 1. The zero-order valence-electron chi connectivity index (χ0n) is 12.7. The predicted octanol–water partition coefficient (Wildman–Crippen LogP) is 1.69. The number of nitrogens with one attached hydrogen (secondary N) is 1. The van der Waals surface area contributed by atoms with Crippen LogP contribution in [0.15, 0.2) is 48.8 Å². The van der Waals surface area contributed by atoms with Crippen molar-refractivity contribution in [1.29, 1.82) is 0 Å². The fourth-order valence-corrected chi connectivity index (χ4v) is 2.24. The lowest BCUT2D eigenvalue weighted by molar-refractivity contribution is -0.131. The fourth-order valence-electron chi connectivity index (χ4n) is 2.24. The van der Waals surface area contributed by atoms with Gasteiger partial charge >= 0.3 is 0 Å². The van der Waals surface area contributed by atoms with E-state index in [-0.39, 0.29) is 18.0 Å². The van der Waals surface area contributed by atoms with Gasteiger partial charge in [-0.05, 0) is 18.6 Å². The van der Waals surface area contributed by atoms with E-state index < -0.39 is 0 Å². The monoisotopic (exact) mass is 286 g/mol. The molecule has 1 N–H and O–H groups in total. The zero-order valence-corrected chi connectivity index (χ0v) is 12.7. The Morgan fingerprint density at radius 2 is 2.00 bits per heavy atom. The van der Waals surface area contributed by atoms with Crippen molar-refractivity contribution in [3.63, 3.8) is 0 Å². The minimum atomic E-state index is -0.341. The highest BCUT2D eigenvalue weighted by Gasteiger charge is 2.23. The van der Waals surface area contributed by atoms with Crippen LogP contribution in [0.25, 0.3) is 0 Å². The minimum absolute atomic E-state index is 0.0496. The Bertz CT molecular complexity index is 551. The van der Waals surface area contributed by atoms with Gasteiger partial charge in [0.1, 0.15) is 6.04 Å². The molecule has 0 bridgehead atoms. The lowest BCUT2D eigenvalue weighted by Gasteiger charge is -2.25. The van der Waals surface area contributed by atoms with Crippen molar-refractivity contribution in [2.24, 2.45) is 0 Å². The lowest BCUT2D eigenvalue weighted by atomic mass is 10.0. The van der Waals surface area contributed by atoms with E-state index in [0.29, 0.717) is 0 Å². The van der Waals surface area contributed by atoms with Crippen LogP contribution in [0.3, 0.4) is 0 Å². The van der Waals surface area contributed by atoms with Crippen LogP contribution in [0, 0.1) is 0 Å². The Morgan fingerprint density at radius 3 is 2.57 bits per heavy atom. The van der Waals surface area contributed by atoms with Gasteiger partial charge in [-0.3, -0.25) is 14.8 Å². The first-order chi connectivity index (χ1) is 10.1. The van der Waals surface area contributed by atoms with Gasteiger partial charge in [0.2, 0.25) is 5.91 Å². The standard InChI is InChI=1S/C16H22N4O/c1-13(12-20-11-7-10-17-20)18-15(16(21)19(2)3)14-8-5-4-6-9-14/h4-11,13,15,18H,12H2,1-3H3/t13-,15+/m0/s1. The highest BCUT2D eigenvalue weighted by molar-refractivity contribution is 5.82. The Kier molecular flexibility index (Phi) is 5.11. The van der Waals surface area contributed by atoms with E-state index in [2.05, 4.69) is 17.3 Å². The predicted molar refractivity (Wildman–Crippen MR) is 82.7 cm³/mol. The molecule has 1 amide bonds. The molecule has 0 unspecified atom stereocenters. The largest absolute Gasteiger partial charge is 0.347 e. The number of carbonyl (C=O) groups excluding carboxylic acids is 1. The molecule has 2 rings (SSSR count). The smallest absolute Gasteiger partial charge is 0.243 e. The maximum Gasteiger partial charge on any atom is 0.243 e. The van der Waals surface area contributed by atoms with Crippen LogP contribution >= 0.6 is 0 Å². The normalized spacial score (nSPS) is 13.7. The Labute approximate surface area is 125 Å². The van der Waals surface area contributed by atoms with Gasteiger partial charge in [-0.2, -0.15) is 5.10 Å². The summed E-state index contributed by atoms with van der Waals surface area (Å²) in [5.41, 5.74) is 0.975. The molecular weight excluding hydrogens is 264 g/mol. The van der Waals surface area contributed by atoms with Gasteiger partial charge in [0.25, 0.3) is 0 Å². The average Bonchev–Trinajstić information content (AvgIpc) is 2.97. The molecule has 5 heteroatoms. The molecule has 2 aromatic rings. The fraction of sp³-hybridized carbons (Fsp3) is 0.375. The lowest BCUT2D eigenvalue weighted by Crippen LogP contribution is -2.42. The molecule has 112 valence electrons. The van der Waals surface area contributed by atoms with Crippen LogP contribution in [0.4, 0.5) is 0 Å². The SMILES string of the molecule is C[C@@H](Cn1cccn1)N[C@@H](C(=O)N(C)C)c1ccccc1. The van der Waals surface area contributed by atoms with Crippen molar-refractivity contribution in [1.82, 2.24) is 20.0 Å². The van der Waals surface area contributed by atoms with E-state index in [1.165, 1.54) is 0 Å². The second kappa shape index (κ2) is 7.04. The van der Waals surface area contributed by atoms with E-state index in [0.717, 1.165) is 12.1 Å².